The van der Waals surface area contributed by atoms with E-state index in [0.717, 1.165) is 17.2 Å². The third-order valence-electron chi connectivity index (χ3n) is 3.09. The van der Waals surface area contributed by atoms with Gasteiger partial charge in [0, 0.05) is 23.9 Å². The lowest BCUT2D eigenvalue weighted by molar-refractivity contribution is 0.546. The summed E-state index contributed by atoms with van der Waals surface area (Å²) in [5, 5.41) is 3.36. The normalized spacial score (nSPS) is 12.8. The number of pyridine rings is 1. The van der Waals surface area contributed by atoms with Gasteiger partial charge in [-0.05, 0) is 18.6 Å². The summed E-state index contributed by atoms with van der Waals surface area (Å²) in [6, 6.07) is 5.83. The van der Waals surface area contributed by atoms with Crippen LogP contribution in [0.25, 0.3) is 0 Å². The number of hydrogen-bond donors (Lipinski definition) is 3. The molecule has 1 unspecified atom stereocenters. The van der Waals surface area contributed by atoms with Gasteiger partial charge in [-0.15, -0.1) is 0 Å². The highest BCUT2D eigenvalue weighted by Gasteiger charge is 2.19. The molecule has 6 heteroatoms. The molecule has 4 N–H and O–H groups in total. The van der Waals surface area contributed by atoms with E-state index in [2.05, 4.69) is 53.4 Å². The number of nitrogens with zero attached hydrogens (tertiary/aromatic N) is 3. The predicted octanol–water partition coefficient (Wildman–Crippen LogP) is 2.63. The Hall–Kier alpha value is -2.21. The fourth-order valence-corrected chi connectivity index (χ4v) is 1.87. The van der Waals surface area contributed by atoms with Gasteiger partial charge in [-0.2, -0.15) is 0 Å². The number of nitrogen functional groups attached to an aromatic ring is 1. The minimum atomic E-state index is -0.152. The number of hydrazine groups is 1. The van der Waals surface area contributed by atoms with Crippen LogP contribution in [0.2, 0.25) is 0 Å². The van der Waals surface area contributed by atoms with Crippen LogP contribution in [0.4, 0.5) is 11.6 Å². The van der Waals surface area contributed by atoms with Crippen molar-refractivity contribution in [2.45, 2.75) is 39.2 Å². The highest BCUT2D eigenvalue weighted by atomic mass is 15.3. The van der Waals surface area contributed by atoms with E-state index in [4.69, 9.17) is 5.84 Å². The largest absolute Gasteiger partial charge is 0.363 e. The first-order chi connectivity index (χ1) is 9.90. The monoisotopic (exact) mass is 286 g/mol. The molecule has 112 valence electrons. The van der Waals surface area contributed by atoms with Crippen LogP contribution in [-0.4, -0.2) is 15.0 Å². The molecule has 0 aliphatic carbocycles. The Balaban J connectivity index is 2.27. The summed E-state index contributed by atoms with van der Waals surface area (Å²) >= 11 is 0. The van der Waals surface area contributed by atoms with Crippen molar-refractivity contribution in [1.82, 2.24) is 15.0 Å². The number of aromatic nitrogens is 3. The van der Waals surface area contributed by atoms with Crippen LogP contribution in [-0.2, 0) is 5.41 Å². The van der Waals surface area contributed by atoms with E-state index in [9.17, 15) is 0 Å². The Kier molecular flexibility index (Phi) is 4.37. The van der Waals surface area contributed by atoms with E-state index in [0.29, 0.717) is 5.82 Å². The first-order valence-electron chi connectivity index (χ1n) is 6.93. The topological polar surface area (TPSA) is 88.8 Å². The van der Waals surface area contributed by atoms with Crippen molar-refractivity contribution in [3.05, 3.63) is 42.0 Å². The maximum absolute atomic E-state index is 5.49. The van der Waals surface area contributed by atoms with Gasteiger partial charge in [0.2, 0.25) is 0 Å². The quantitative estimate of drug-likeness (QED) is 0.591. The van der Waals surface area contributed by atoms with Crippen LogP contribution >= 0.6 is 0 Å². The molecule has 0 spiro atoms. The third kappa shape index (κ3) is 3.88. The Bertz CT molecular complexity index is 591. The standard InChI is InChI=1S/C15H22N6/c1-10(11-6-5-7-17-9-11)18-12-8-13(21-16)20-14(19-12)15(2,3)4/h5-10H,16H2,1-4H3,(H2,18,19,20,21). The fraction of sp³-hybridized carbons (Fsp3) is 0.400. The molecule has 0 radical (unpaired) electrons. The van der Waals surface area contributed by atoms with Gasteiger partial charge in [-0.25, -0.2) is 15.8 Å². The molecule has 1 atom stereocenters. The second kappa shape index (κ2) is 6.05. The highest BCUT2D eigenvalue weighted by molar-refractivity contribution is 5.48. The average molecular weight is 286 g/mol. The first-order valence-corrected chi connectivity index (χ1v) is 6.93. The fourth-order valence-electron chi connectivity index (χ4n) is 1.87. The molecular weight excluding hydrogens is 264 g/mol. The van der Waals surface area contributed by atoms with Crippen LogP contribution in [0.3, 0.4) is 0 Å². The number of hydrogen-bond acceptors (Lipinski definition) is 6. The van der Waals surface area contributed by atoms with E-state index < -0.39 is 0 Å². The van der Waals surface area contributed by atoms with Crippen LogP contribution in [0, 0.1) is 0 Å². The van der Waals surface area contributed by atoms with E-state index in [-0.39, 0.29) is 11.5 Å². The Labute approximate surface area is 125 Å². The minimum absolute atomic E-state index is 0.0899. The molecule has 0 saturated carbocycles. The van der Waals surface area contributed by atoms with Gasteiger partial charge in [-0.1, -0.05) is 26.8 Å². The summed E-state index contributed by atoms with van der Waals surface area (Å²) in [4.78, 5) is 13.1. The summed E-state index contributed by atoms with van der Waals surface area (Å²) < 4.78 is 0. The summed E-state index contributed by atoms with van der Waals surface area (Å²) in [6.45, 7) is 8.26. The van der Waals surface area contributed by atoms with Gasteiger partial charge < -0.3 is 10.7 Å². The maximum atomic E-state index is 5.49. The second-order valence-corrected chi connectivity index (χ2v) is 6.01. The zero-order chi connectivity index (χ0) is 15.5. The van der Waals surface area contributed by atoms with Gasteiger partial charge >= 0.3 is 0 Å². The molecule has 0 aliphatic rings. The van der Waals surface area contributed by atoms with Crippen molar-refractivity contribution in [2.24, 2.45) is 5.84 Å². The Morgan fingerprint density at radius 3 is 2.48 bits per heavy atom. The molecule has 0 amide bonds. The average Bonchev–Trinajstić information content (AvgIpc) is 2.46. The lowest BCUT2D eigenvalue weighted by Gasteiger charge is -2.20. The van der Waals surface area contributed by atoms with Gasteiger partial charge in [0.15, 0.2) is 0 Å². The van der Waals surface area contributed by atoms with Crippen LogP contribution in [0.5, 0.6) is 0 Å². The lowest BCUT2D eigenvalue weighted by atomic mass is 9.96. The molecule has 0 saturated heterocycles. The molecular formula is C15H22N6. The van der Waals surface area contributed by atoms with Gasteiger partial charge in [-0.3, -0.25) is 4.98 Å². The van der Waals surface area contributed by atoms with Crippen molar-refractivity contribution < 1.29 is 0 Å². The smallest absolute Gasteiger partial charge is 0.145 e. The van der Waals surface area contributed by atoms with Gasteiger partial charge in [0.1, 0.15) is 17.5 Å². The van der Waals surface area contributed by atoms with Crippen LogP contribution in [0.15, 0.2) is 30.6 Å². The molecule has 21 heavy (non-hydrogen) atoms. The van der Waals surface area contributed by atoms with Crippen molar-refractivity contribution in [3.63, 3.8) is 0 Å². The zero-order valence-corrected chi connectivity index (χ0v) is 12.9. The molecule has 2 aromatic rings. The number of nitrogens with one attached hydrogen (secondary N) is 2. The van der Waals surface area contributed by atoms with Crippen molar-refractivity contribution >= 4 is 11.6 Å². The van der Waals surface area contributed by atoms with Crippen molar-refractivity contribution in [2.75, 3.05) is 10.7 Å². The van der Waals surface area contributed by atoms with Crippen LogP contribution in [0.1, 0.15) is 45.1 Å². The second-order valence-electron chi connectivity index (χ2n) is 6.01. The summed E-state index contributed by atoms with van der Waals surface area (Å²) in [5.41, 5.74) is 3.53. The van der Waals surface area contributed by atoms with Crippen molar-refractivity contribution in [1.29, 1.82) is 0 Å². The SMILES string of the molecule is CC(Nc1cc(NN)nc(C(C)(C)C)n1)c1cccnc1. The maximum Gasteiger partial charge on any atom is 0.145 e. The molecule has 0 fully saturated rings. The molecule has 0 aliphatic heterocycles. The molecule has 2 rings (SSSR count). The van der Waals surface area contributed by atoms with E-state index in [1.807, 2.05) is 18.3 Å². The van der Waals surface area contributed by atoms with E-state index in [1.165, 1.54) is 0 Å². The number of nitrogens with two attached hydrogens (primary N) is 1. The predicted molar refractivity (Wildman–Crippen MR) is 84.8 cm³/mol. The molecule has 0 aromatic carbocycles. The van der Waals surface area contributed by atoms with E-state index >= 15 is 0 Å². The lowest BCUT2D eigenvalue weighted by Crippen LogP contribution is -2.20. The van der Waals surface area contributed by atoms with Gasteiger partial charge in [0.25, 0.3) is 0 Å². The minimum Gasteiger partial charge on any atom is -0.363 e. The zero-order valence-electron chi connectivity index (χ0n) is 12.9. The summed E-state index contributed by atoms with van der Waals surface area (Å²) in [5.74, 6) is 7.56. The van der Waals surface area contributed by atoms with Crippen molar-refractivity contribution in [3.8, 4) is 0 Å². The third-order valence-corrected chi connectivity index (χ3v) is 3.09. The molecule has 0 bridgehead atoms. The number of rotatable bonds is 4. The number of anilines is 2. The Morgan fingerprint density at radius 1 is 1.19 bits per heavy atom. The highest BCUT2D eigenvalue weighted by Crippen LogP contribution is 2.24. The Morgan fingerprint density at radius 2 is 1.90 bits per heavy atom. The summed E-state index contributed by atoms with van der Waals surface area (Å²) in [7, 11) is 0. The molecule has 6 nitrogen and oxygen atoms in total. The van der Waals surface area contributed by atoms with Gasteiger partial charge in [0.05, 0.1) is 6.04 Å². The molecule has 2 aromatic heterocycles. The van der Waals surface area contributed by atoms with E-state index in [1.54, 1.807) is 12.3 Å². The first kappa shape index (κ1) is 15.2. The molecule has 2 heterocycles. The van der Waals surface area contributed by atoms with Crippen LogP contribution < -0.4 is 16.6 Å². The summed E-state index contributed by atoms with van der Waals surface area (Å²) in [6.07, 6.45) is 3.60.